The molecule has 16 heavy (non-hydrogen) atoms. The first-order valence-corrected chi connectivity index (χ1v) is 4.86. The Morgan fingerprint density at radius 2 is 1.62 bits per heavy atom. The largest absolute Gasteiger partial charge is 0.373 e. The minimum atomic E-state index is -0.641. The van der Waals surface area contributed by atoms with Gasteiger partial charge in [0.2, 0.25) is 0 Å². The van der Waals surface area contributed by atoms with E-state index in [9.17, 15) is 8.78 Å². The molecule has 0 radical (unpaired) electrons. The number of hydrogen-bond acceptors (Lipinski definition) is 3. The van der Waals surface area contributed by atoms with Crippen molar-refractivity contribution in [2.45, 2.75) is 19.3 Å². The zero-order chi connectivity index (χ0) is 12.1. The first kappa shape index (κ1) is 12.9. The lowest BCUT2D eigenvalue weighted by molar-refractivity contribution is -0.109. The maximum absolute atomic E-state index is 13.3. The molecule has 0 saturated carbocycles. The first-order valence-electron chi connectivity index (χ1n) is 4.86. The summed E-state index contributed by atoms with van der Waals surface area (Å²) < 4.78 is 36.6. The van der Waals surface area contributed by atoms with Gasteiger partial charge >= 0.3 is 0 Å². The van der Waals surface area contributed by atoms with Crippen LogP contribution in [-0.2, 0) is 9.47 Å². The van der Waals surface area contributed by atoms with Gasteiger partial charge in [0.25, 0.3) is 0 Å². The highest BCUT2D eigenvalue weighted by Gasteiger charge is 2.18. The van der Waals surface area contributed by atoms with E-state index < -0.39 is 17.9 Å². The molecular formula is C11H15F2NO2. The van der Waals surface area contributed by atoms with Crippen LogP contribution in [-0.4, -0.2) is 26.6 Å². The quantitative estimate of drug-likeness (QED) is 0.789. The Balaban J connectivity index is 2.80. The van der Waals surface area contributed by atoms with Gasteiger partial charge in [0, 0.05) is 14.2 Å². The molecule has 1 unspecified atom stereocenters. The Bertz CT molecular complexity index is 323. The molecule has 0 aliphatic rings. The summed E-state index contributed by atoms with van der Waals surface area (Å²) in [6.07, 6.45) is -0.570. The molecule has 0 amide bonds. The number of methoxy groups -OCH3 is 2. The second-order valence-corrected chi connectivity index (χ2v) is 3.37. The van der Waals surface area contributed by atoms with E-state index in [0.29, 0.717) is 0 Å². The first-order chi connectivity index (χ1) is 7.60. The van der Waals surface area contributed by atoms with Crippen molar-refractivity contribution in [2.75, 3.05) is 19.5 Å². The summed E-state index contributed by atoms with van der Waals surface area (Å²) in [7, 11) is 2.92. The van der Waals surface area contributed by atoms with Crippen LogP contribution in [0.4, 0.5) is 14.5 Å². The molecule has 5 heteroatoms. The van der Waals surface area contributed by atoms with Crippen LogP contribution in [0.25, 0.3) is 0 Å². The lowest BCUT2D eigenvalue weighted by Crippen LogP contribution is -2.34. The molecule has 1 aromatic rings. The van der Waals surface area contributed by atoms with Crippen molar-refractivity contribution in [3.63, 3.8) is 0 Å². The van der Waals surface area contributed by atoms with E-state index in [0.717, 1.165) is 0 Å². The minimum Gasteiger partial charge on any atom is -0.373 e. The monoisotopic (exact) mass is 231 g/mol. The smallest absolute Gasteiger partial charge is 0.176 e. The third-order valence-electron chi connectivity index (χ3n) is 2.21. The van der Waals surface area contributed by atoms with Crippen LogP contribution in [0.2, 0.25) is 0 Å². The van der Waals surface area contributed by atoms with Crippen molar-refractivity contribution < 1.29 is 18.3 Å². The fourth-order valence-corrected chi connectivity index (χ4v) is 1.44. The molecular weight excluding hydrogens is 216 g/mol. The van der Waals surface area contributed by atoms with Crippen LogP contribution in [0.1, 0.15) is 6.92 Å². The molecule has 0 aromatic heterocycles. The van der Waals surface area contributed by atoms with Crippen molar-refractivity contribution in [2.24, 2.45) is 0 Å². The van der Waals surface area contributed by atoms with E-state index in [1.807, 2.05) is 0 Å². The molecule has 3 nitrogen and oxygen atoms in total. The molecule has 0 bridgehead atoms. The molecule has 1 aromatic carbocycles. The normalized spacial score (nSPS) is 12.9. The molecule has 0 heterocycles. The number of nitrogens with one attached hydrogen (secondary N) is 1. The molecule has 0 saturated heterocycles. The molecule has 1 atom stereocenters. The molecule has 0 fully saturated rings. The average Bonchev–Trinajstić information content (AvgIpc) is 2.25. The zero-order valence-corrected chi connectivity index (χ0v) is 9.46. The predicted octanol–water partition coefficient (Wildman–Crippen LogP) is 2.38. The summed E-state index contributed by atoms with van der Waals surface area (Å²) in [4.78, 5) is 0. The van der Waals surface area contributed by atoms with Gasteiger partial charge in [0.15, 0.2) is 6.29 Å². The van der Waals surface area contributed by atoms with Crippen molar-refractivity contribution in [1.82, 2.24) is 0 Å². The zero-order valence-electron chi connectivity index (χ0n) is 9.46. The molecule has 90 valence electrons. The van der Waals surface area contributed by atoms with Gasteiger partial charge in [0.05, 0.1) is 6.04 Å². The Morgan fingerprint density at radius 1 is 1.12 bits per heavy atom. The third kappa shape index (κ3) is 2.90. The van der Waals surface area contributed by atoms with Crippen LogP contribution in [0, 0.1) is 11.6 Å². The van der Waals surface area contributed by atoms with Gasteiger partial charge in [-0.2, -0.15) is 0 Å². The maximum Gasteiger partial charge on any atom is 0.176 e. The Kier molecular flexibility index (Phi) is 4.64. The topological polar surface area (TPSA) is 30.5 Å². The van der Waals surface area contributed by atoms with E-state index in [2.05, 4.69) is 5.32 Å². The van der Waals surface area contributed by atoms with Crippen molar-refractivity contribution in [3.05, 3.63) is 29.8 Å². The highest BCUT2D eigenvalue weighted by atomic mass is 19.1. The highest BCUT2D eigenvalue weighted by molar-refractivity contribution is 5.46. The summed E-state index contributed by atoms with van der Waals surface area (Å²) in [5.74, 6) is -1.28. The summed E-state index contributed by atoms with van der Waals surface area (Å²) >= 11 is 0. The van der Waals surface area contributed by atoms with Crippen LogP contribution in [0.3, 0.4) is 0 Å². The Hall–Kier alpha value is -1.20. The second-order valence-electron chi connectivity index (χ2n) is 3.37. The minimum absolute atomic E-state index is 0.172. The summed E-state index contributed by atoms with van der Waals surface area (Å²) in [5, 5.41) is 2.68. The number of para-hydroxylation sites is 1. The van der Waals surface area contributed by atoms with E-state index in [4.69, 9.17) is 9.47 Å². The highest BCUT2D eigenvalue weighted by Crippen LogP contribution is 2.20. The van der Waals surface area contributed by atoms with E-state index in [-0.39, 0.29) is 11.7 Å². The number of anilines is 1. The molecule has 1 rings (SSSR count). The number of benzene rings is 1. The standard InChI is InChI=1S/C11H15F2NO2/c1-7(11(15-2)16-3)14-10-8(12)5-4-6-9(10)13/h4-7,11,14H,1-3H3. The van der Waals surface area contributed by atoms with Gasteiger partial charge in [0.1, 0.15) is 17.3 Å². The van der Waals surface area contributed by atoms with Crippen molar-refractivity contribution >= 4 is 5.69 Å². The fraction of sp³-hybridized carbons (Fsp3) is 0.455. The van der Waals surface area contributed by atoms with E-state index in [1.165, 1.54) is 32.4 Å². The van der Waals surface area contributed by atoms with Crippen LogP contribution in [0.15, 0.2) is 18.2 Å². The molecule has 1 N–H and O–H groups in total. The Labute approximate surface area is 93.4 Å². The van der Waals surface area contributed by atoms with Gasteiger partial charge in [-0.05, 0) is 19.1 Å². The van der Waals surface area contributed by atoms with Crippen LogP contribution >= 0.6 is 0 Å². The Morgan fingerprint density at radius 3 is 2.06 bits per heavy atom. The molecule has 0 aliphatic carbocycles. The second kappa shape index (κ2) is 5.77. The average molecular weight is 231 g/mol. The SMILES string of the molecule is COC(OC)C(C)Nc1c(F)cccc1F. The number of rotatable bonds is 5. The predicted molar refractivity (Wildman–Crippen MR) is 57.2 cm³/mol. The van der Waals surface area contributed by atoms with Gasteiger partial charge in [-0.25, -0.2) is 8.78 Å². The van der Waals surface area contributed by atoms with Crippen LogP contribution < -0.4 is 5.32 Å². The van der Waals surface area contributed by atoms with Crippen molar-refractivity contribution in [1.29, 1.82) is 0 Å². The maximum atomic E-state index is 13.3. The van der Waals surface area contributed by atoms with E-state index >= 15 is 0 Å². The van der Waals surface area contributed by atoms with E-state index in [1.54, 1.807) is 6.92 Å². The molecule has 0 spiro atoms. The third-order valence-corrected chi connectivity index (χ3v) is 2.21. The summed E-state index contributed by atoms with van der Waals surface area (Å²) in [6.45, 7) is 1.71. The summed E-state index contributed by atoms with van der Waals surface area (Å²) in [5.41, 5.74) is -0.172. The number of hydrogen-bond donors (Lipinski definition) is 1. The van der Waals surface area contributed by atoms with Crippen LogP contribution in [0.5, 0.6) is 0 Å². The number of halogens is 2. The summed E-state index contributed by atoms with van der Waals surface area (Å²) in [6, 6.07) is 3.31. The lowest BCUT2D eigenvalue weighted by atomic mass is 10.2. The van der Waals surface area contributed by atoms with Gasteiger partial charge < -0.3 is 14.8 Å². The fourth-order valence-electron chi connectivity index (χ4n) is 1.44. The van der Waals surface area contributed by atoms with Crippen molar-refractivity contribution in [3.8, 4) is 0 Å². The number of ether oxygens (including phenoxy) is 2. The molecule has 0 aliphatic heterocycles. The van der Waals surface area contributed by atoms with Gasteiger partial charge in [-0.1, -0.05) is 6.07 Å². The van der Waals surface area contributed by atoms with Gasteiger partial charge in [-0.3, -0.25) is 0 Å². The lowest BCUT2D eigenvalue weighted by Gasteiger charge is -2.23. The van der Waals surface area contributed by atoms with Gasteiger partial charge in [-0.15, -0.1) is 0 Å².